The fourth-order valence-electron chi connectivity index (χ4n) is 1.71. The zero-order valence-electron chi connectivity index (χ0n) is 7.92. The summed E-state index contributed by atoms with van der Waals surface area (Å²) in [6, 6.07) is 0. The van der Waals surface area contributed by atoms with Crippen LogP contribution in [0.25, 0.3) is 0 Å². The molecule has 3 heteroatoms. The lowest BCUT2D eigenvalue weighted by atomic mass is 10.0. The minimum Gasteiger partial charge on any atom is -0.356 e. The molecule has 1 aliphatic rings. The number of hydrogen-bond donors (Lipinski definition) is 1. The van der Waals surface area contributed by atoms with Crippen molar-refractivity contribution in [2.45, 2.75) is 38.5 Å². The first kappa shape index (κ1) is 10.2. The third-order valence-electron chi connectivity index (χ3n) is 2.50. The molecular weight excluding hydrogens is 166 g/mol. The average molecular weight is 183 g/mol. The number of aldehydes is 1. The number of nitrogens with one attached hydrogen (secondary N) is 1. The smallest absolute Gasteiger partial charge is 0.220 e. The Hall–Kier alpha value is -0.860. The van der Waals surface area contributed by atoms with Crippen molar-refractivity contribution >= 4 is 12.2 Å². The molecule has 3 nitrogen and oxygen atoms in total. The van der Waals surface area contributed by atoms with Gasteiger partial charge in [0, 0.05) is 19.4 Å². The Morgan fingerprint density at radius 1 is 1.38 bits per heavy atom. The molecule has 1 amide bonds. The van der Waals surface area contributed by atoms with E-state index < -0.39 is 0 Å². The van der Waals surface area contributed by atoms with Crippen molar-refractivity contribution in [2.24, 2.45) is 5.92 Å². The first-order valence-electron chi connectivity index (χ1n) is 5.03. The number of hydrogen-bond acceptors (Lipinski definition) is 2. The lowest BCUT2D eigenvalue weighted by molar-refractivity contribution is -0.119. The molecule has 1 heterocycles. The topological polar surface area (TPSA) is 46.2 Å². The van der Waals surface area contributed by atoms with Gasteiger partial charge in [-0.05, 0) is 18.8 Å². The maximum Gasteiger partial charge on any atom is 0.220 e. The van der Waals surface area contributed by atoms with Gasteiger partial charge >= 0.3 is 0 Å². The number of rotatable bonds is 6. The van der Waals surface area contributed by atoms with Gasteiger partial charge in [-0.2, -0.15) is 0 Å². The predicted octanol–water partition coefficient (Wildman–Crippen LogP) is 1.27. The standard InChI is InChI=1S/C10H17NO2/c12-6-4-2-1-3-5-9-7-10(13)11-8-9/h6,9H,1-5,7-8H2,(H,11,13)/t9-/m1/s1. The van der Waals surface area contributed by atoms with Crippen LogP contribution in [0.4, 0.5) is 0 Å². The van der Waals surface area contributed by atoms with Crippen LogP contribution in [-0.4, -0.2) is 18.7 Å². The molecule has 1 atom stereocenters. The maximum absolute atomic E-state index is 10.8. The zero-order chi connectivity index (χ0) is 9.52. The molecule has 0 aliphatic carbocycles. The summed E-state index contributed by atoms with van der Waals surface area (Å²) in [5, 5.41) is 2.83. The van der Waals surface area contributed by atoms with Crippen LogP contribution in [0.5, 0.6) is 0 Å². The van der Waals surface area contributed by atoms with E-state index in [1.165, 1.54) is 0 Å². The number of carbonyl (C=O) groups excluding carboxylic acids is 2. The van der Waals surface area contributed by atoms with E-state index >= 15 is 0 Å². The maximum atomic E-state index is 10.8. The zero-order valence-corrected chi connectivity index (χ0v) is 7.92. The summed E-state index contributed by atoms with van der Waals surface area (Å²) in [6.07, 6.45) is 6.74. The van der Waals surface area contributed by atoms with E-state index in [0.717, 1.165) is 38.5 Å². The molecule has 1 saturated heterocycles. The lowest BCUT2D eigenvalue weighted by Crippen LogP contribution is -2.13. The minimum atomic E-state index is 0.192. The van der Waals surface area contributed by atoms with Crippen molar-refractivity contribution < 1.29 is 9.59 Å². The van der Waals surface area contributed by atoms with Crippen molar-refractivity contribution in [3.8, 4) is 0 Å². The fourth-order valence-corrected chi connectivity index (χ4v) is 1.71. The highest BCUT2D eigenvalue weighted by molar-refractivity contribution is 5.78. The van der Waals surface area contributed by atoms with Gasteiger partial charge in [-0.1, -0.05) is 12.8 Å². The van der Waals surface area contributed by atoms with Gasteiger partial charge in [-0.3, -0.25) is 4.79 Å². The summed E-state index contributed by atoms with van der Waals surface area (Å²) in [5.74, 6) is 0.738. The predicted molar refractivity (Wildman–Crippen MR) is 50.3 cm³/mol. The van der Waals surface area contributed by atoms with E-state index in [9.17, 15) is 9.59 Å². The Bertz CT molecular complexity index is 180. The van der Waals surface area contributed by atoms with Gasteiger partial charge in [0.2, 0.25) is 5.91 Å². The van der Waals surface area contributed by atoms with E-state index in [0.29, 0.717) is 18.8 Å². The molecule has 0 radical (unpaired) electrons. The van der Waals surface area contributed by atoms with Gasteiger partial charge in [0.25, 0.3) is 0 Å². The van der Waals surface area contributed by atoms with E-state index in [-0.39, 0.29) is 5.91 Å². The Kier molecular flexibility index (Phi) is 4.50. The molecule has 13 heavy (non-hydrogen) atoms. The quantitative estimate of drug-likeness (QED) is 0.498. The van der Waals surface area contributed by atoms with Gasteiger partial charge in [0.15, 0.2) is 0 Å². The second kappa shape index (κ2) is 5.73. The van der Waals surface area contributed by atoms with Gasteiger partial charge in [-0.15, -0.1) is 0 Å². The van der Waals surface area contributed by atoms with Gasteiger partial charge < -0.3 is 10.1 Å². The molecule has 0 spiro atoms. The van der Waals surface area contributed by atoms with Crippen LogP contribution in [-0.2, 0) is 9.59 Å². The molecule has 1 aliphatic heterocycles. The minimum absolute atomic E-state index is 0.192. The summed E-state index contributed by atoms with van der Waals surface area (Å²) >= 11 is 0. The largest absolute Gasteiger partial charge is 0.356 e. The Balaban J connectivity index is 1.94. The van der Waals surface area contributed by atoms with Crippen molar-refractivity contribution in [1.82, 2.24) is 5.32 Å². The van der Waals surface area contributed by atoms with Crippen LogP contribution < -0.4 is 5.32 Å². The van der Waals surface area contributed by atoms with Crippen LogP contribution in [0.1, 0.15) is 38.5 Å². The van der Waals surface area contributed by atoms with Crippen LogP contribution in [0.3, 0.4) is 0 Å². The van der Waals surface area contributed by atoms with Crippen molar-refractivity contribution in [3.05, 3.63) is 0 Å². The first-order chi connectivity index (χ1) is 6.33. The fraction of sp³-hybridized carbons (Fsp3) is 0.800. The molecule has 0 aromatic rings. The molecule has 0 saturated carbocycles. The van der Waals surface area contributed by atoms with Crippen molar-refractivity contribution in [3.63, 3.8) is 0 Å². The van der Waals surface area contributed by atoms with E-state index in [1.807, 2.05) is 0 Å². The lowest BCUT2D eigenvalue weighted by Gasteiger charge is -2.05. The SMILES string of the molecule is O=CCCCCC[C@H]1CNC(=O)C1. The Morgan fingerprint density at radius 3 is 2.85 bits per heavy atom. The van der Waals surface area contributed by atoms with Crippen LogP contribution in [0.2, 0.25) is 0 Å². The molecule has 0 unspecified atom stereocenters. The molecule has 1 rings (SSSR count). The highest BCUT2D eigenvalue weighted by Gasteiger charge is 2.20. The number of unbranched alkanes of at least 4 members (excludes halogenated alkanes) is 3. The molecular formula is C10H17NO2. The highest BCUT2D eigenvalue weighted by Crippen LogP contribution is 2.17. The van der Waals surface area contributed by atoms with Gasteiger partial charge in [0.05, 0.1) is 0 Å². The molecule has 74 valence electrons. The average Bonchev–Trinajstić information content (AvgIpc) is 2.51. The third kappa shape index (κ3) is 4.06. The second-order valence-electron chi connectivity index (χ2n) is 3.68. The summed E-state index contributed by atoms with van der Waals surface area (Å²) in [5.41, 5.74) is 0. The second-order valence-corrected chi connectivity index (χ2v) is 3.68. The summed E-state index contributed by atoms with van der Waals surface area (Å²) in [4.78, 5) is 20.8. The third-order valence-corrected chi connectivity index (χ3v) is 2.50. The summed E-state index contributed by atoms with van der Waals surface area (Å²) in [6.45, 7) is 0.854. The molecule has 0 aromatic heterocycles. The van der Waals surface area contributed by atoms with E-state index in [4.69, 9.17) is 0 Å². The van der Waals surface area contributed by atoms with Crippen molar-refractivity contribution in [1.29, 1.82) is 0 Å². The number of amides is 1. The van der Waals surface area contributed by atoms with Crippen LogP contribution >= 0.6 is 0 Å². The van der Waals surface area contributed by atoms with Crippen LogP contribution in [0.15, 0.2) is 0 Å². The van der Waals surface area contributed by atoms with Gasteiger partial charge in [-0.25, -0.2) is 0 Å². The normalized spacial score (nSPS) is 21.5. The molecule has 0 aromatic carbocycles. The van der Waals surface area contributed by atoms with E-state index in [1.54, 1.807) is 0 Å². The molecule has 1 fully saturated rings. The number of carbonyl (C=O) groups is 2. The summed E-state index contributed by atoms with van der Waals surface area (Å²) in [7, 11) is 0. The first-order valence-corrected chi connectivity index (χ1v) is 5.03. The summed E-state index contributed by atoms with van der Waals surface area (Å²) < 4.78 is 0. The Morgan fingerprint density at radius 2 is 2.23 bits per heavy atom. The highest BCUT2D eigenvalue weighted by atomic mass is 16.1. The van der Waals surface area contributed by atoms with Crippen molar-refractivity contribution in [2.75, 3.05) is 6.54 Å². The Labute approximate surface area is 78.9 Å². The van der Waals surface area contributed by atoms with E-state index in [2.05, 4.69) is 5.32 Å². The monoisotopic (exact) mass is 183 g/mol. The van der Waals surface area contributed by atoms with Crippen LogP contribution in [0, 0.1) is 5.92 Å². The molecule has 0 bridgehead atoms. The van der Waals surface area contributed by atoms with Gasteiger partial charge in [0.1, 0.15) is 6.29 Å². The molecule has 1 N–H and O–H groups in total.